The van der Waals surface area contributed by atoms with Crippen molar-refractivity contribution in [2.75, 3.05) is 33.3 Å². The number of ether oxygens (including phenoxy) is 1. The fourth-order valence-electron chi connectivity index (χ4n) is 3.18. The van der Waals surface area contributed by atoms with Crippen LogP contribution in [0, 0.1) is 17.1 Å². The van der Waals surface area contributed by atoms with Crippen molar-refractivity contribution in [1.29, 1.82) is 5.26 Å². The zero-order valence-electron chi connectivity index (χ0n) is 14.4. The van der Waals surface area contributed by atoms with Gasteiger partial charge in [-0.2, -0.15) is 5.26 Å². The highest BCUT2D eigenvalue weighted by molar-refractivity contribution is 5.37. The molecule has 1 heterocycles. The van der Waals surface area contributed by atoms with Gasteiger partial charge < -0.3 is 4.74 Å². The summed E-state index contributed by atoms with van der Waals surface area (Å²) in [4.78, 5) is 4.69. The molecule has 5 heteroatoms. The van der Waals surface area contributed by atoms with Gasteiger partial charge in [0.15, 0.2) is 11.6 Å². The van der Waals surface area contributed by atoms with Crippen LogP contribution in [0.15, 0.2) is 42.5 Å². The highest BCUT2D eigenvalue weighted by Crippen LogP contribution is 2.19. The van der Waals surface area contributed by atoms with Gasteiger partial charge in [0.1, 0.15) is 0 Å². The molecule has 2 aromatic carbocycles. The molecule has 0 radical (unpaired) electrons. The van der Waals surface area contributed by atoms with Crippen LogP contribution in [0.1, 0.15) is 16.7 Å². The fraction of sp³-hybridized carbons (Fsp3) is 0.350. The molecule has 1 aliphatic rings. The van der Waals surface area contributed by atoms with Crippen LogP contribution in [0.25, 0.3) is 0 Å². The minimum Gasteiger partial charge on any atom is -0.494 e. The largest absolute Gasteiger partial charge is 0.494 e. The van der Waals surface area contributed by atoms with E-state index >= 15 is 0 Å². The lowest BCUT2D eigenvalue weighted by molar-refractivity contribution is 0.122. The number of hydrogen-bond donors (Lipinski definition) is 0. The van der Waals surface area contributed by atoms with Crippen molar-refractivity contribution in [1.82, 2.24) is 9.80 Å². The summed E-state index contributed by atoms with van der Waals surface area (Å²) >= 11 is 0. The Balaban J connectivity index is 1.54. The van der Waals surface area contributed by atoms with Crippen LogP contribution in [0.5, 0.6) is 5.75 Å². The number of hydrogen-bond acceptors (Lipinski definition) is 4. The van der Waals surface area contributed by atoms with Gasteiger partial charge in [-0.3, -0.25) is 9.80 Å². The predicted molar refractivity (Wildman–Crippen MR) is 94.7 cm³/mol. The first-order valence-electron chi connectivity index (χ1n) is 8.44. The van der Waals surface area contributed by atoms with Crippen LogP contribution >= 0.6 is 0 Å². The van der Waals surface area contributed by atoms with E-state index in [4.69, 9.17) is 4.74 Å². The van der Waals surface area contributed by atoms with E-state index < -0.39 is 0 Å². The smallest absolute Gasteiger partial charge is 0.165 e. The zero-order chi connectivity index (χ0) is 17.6. The number of methoxy groups -OCH3 is 1. The Kier molecular flexibility index (Phi) is 5.64. The van der Waals surface area contributed by atoms with Gasteiger partial charge in [0.05, 0.1) is 18.7 Å². The van der Waals surface area contributed by atoms with Gasteiger partial charge in [0.2, 0.25) is 0 Å². The highest BCUT2D eigenvalue weighted by atomic mass is 19.1. The quantitative estimate of drug-likeness (QED) is 0.839. The number of piperazine rings is 1. The van der Waals surface area contributed by atoms with E-state index in [0.717, 1.165) is 56.0 Å². The molecule has 0 saturated carbocycles. The molecule has 0 aromatic heterocycles. The van der Waals surface area contributed by atoms with Crippen molar-refractivity contribution < 1.29 is 9.13 Å². The van der Waals surface area contributed by atoms with Gasteiger partial charge in [0, 0.05) is 39.3 Å². The van der Waals surface area contributed by atoms with Crippen LogP contribution in [-0.4, -0.2) is 43.1 Å². The molecule has 0 bridgehead atoms. The van der Waals surface area contributed by atoms with Crippen LogP contribution in [0.3, 0.4) is 0 Å². The van der Waals surface area contributed by atoms with E-state index in [2.05, 4.69) is 15.9 Å². The Morgan fingerprint density at radius 3 is 2.36 bits per heavy atom. The van der Waals surface area contributed by atoms with E-state index in [9.17, 15) is 9.65 Å². The summed E-state index contributed by atoms with van der Waals surface area (Å²) < 4.78 is 18.8. The molecular weight excluding hydrogens is 317 g/mol. The summed E-state index contributed by atoms with van der Waals surface area (Å²) in [6, 6.07) is 15.2. The Hall–Kier alpha value is -2.42. The van der Waals surface area contributed by atoms with Crippen molar-refractivity contribution in [3.05, 3.63) is 65.0 Å². The van der Waals surface area contributed by atoms with Crippen molar-refractivity contribution in [3.8, 4) is 11.8 Å². The first-order chi connectivity index (χ1) is 12.2. The van der Waals surface area contributed by atoms with Crippen molar-refractivity contribution in [3.63, 3.8) is 0 Å². The molecule has 1 fully saturated rings. The molecule has 3 rings (SSSR count). The fourth-order valence-corrected chi connectivity index (χ4v) is 3.18. The number of rotatable bonds is 5. The van der Waals surface area contributed by atoms with E-state index in [1.165, 1.54) is 7.11 Å². The maximum atomic E-state index is 13.8. The second-order valence-electron chi connectivity index (χ2n) is 6.29. The molecule has 2 aromatic rings. The molecule has 0 N–H and O–H groups in total. The van der Waals surface area contributed by atoms with Gasteiger partial charge in [-0.1, -0.05) is 24.3 Å². The summed E-state index contributed by atoms with van der Waals surface area (Å²) in [5.74, 6) is -0.0310. The van der Waals surface area contributed by atoms with Gasteiger partial charge in [-0.05, 0) is 29.3 Å². The maximum absolute atomic E-state index is 13.8. The molecule has 1 aliphatic heterocycles. The monoisotopic (exact) mass is 339 g/mol. The number of benzene rings is 2. The predicted octanol–water partition coefficient (Wildman–Crippen LogP) is 3.02. The molecule has 1 saturated heterocycles. The topological polar surface area (TPSA) is 39.5 Å². The Labute approximate surface area is 148 Å². The lowest BCUT2D eigenvalue weighted by Crippen LogP contribution is -2.45. The Bertz CT molecular complexity index is 764. The van der Waals surface area contributed by atoms with E-state index in [1.54, 1.807) is 12.1 Å². The Morgan fingerprint density at radius 1 is 1.04 bits per heavy atom. The highest BCUT2D eigenvalue weighted by Gasteiger charge is 2.18. The molecule has 4 nitrogen and oxygen atoms in total. The van der Waals surface area contributed by atoms with Crippen LogP contribution in [0.2, 0.25) is 0 Å². The molecule has 0 atom stereocenters. The van der Waals surface area contributed by atoms with Gasteiger partial charge in [-0.25, -0.2) is 4.39 Å². The third-order valence-corrected chi connectivity index (χ3v) is 4.62. The summed E-state index contributed by atoms with van der Waals surface area (Å²) in [6.07, 6.45) is 0. The average Bonchev–Trinajstić information content (AvgIpc) is 2.64. The van der Waals surface area contributed by atoms with E-state index in [1.807, 2.05) is 30.3 Å². The Morgan fingerprint density at radius 2 is 1.72 bits per heavy atom. The van der Waals surface area contributed by atoms with Gasteiger partial charge in [-0.15, -0.1) is 0 Å². The minimum atomic E-state index is -0.313. The SMILES string of the molecule is COc1ccc(CN2CCN(Cc3ccccc3C#N)CC2)cc1F. The summed E-state index contributed by atoms with van der Waals surface area (Å²) in [7, 11) is 1.47. The zero-order valence-corrected chi connectivity index (χ0v) is 14.4. The second kappa shape index (κ2) is 8.11. The second-order valence-corrected chi connectivity index (χ2v) is 6.29. The molecule has 0 amide bonds. The van der Waals surface area contributed by atoms with Crippen LogP contribution in [0.4, 0.5) is 4.39 Å². The lowest BCUT2D eigenvalue weighted by atomic mass is 10.1. The molecule has 25 heavy (non-hydrogen) atoms. The van der Waals surface area contributed by atoms with Crippen molar-refractivity contribution in [2.24, 2.45) is 0 Å². The van der Waals surface area contributed by atoms with Gasteiger partial charge in [0.25, 0.3) is 0 Å². The molecule has 0 aliphatic carbocycles. The van der Waals surface area contributed by atoms with Gasteiger partial charge >= 0.3 is 0 Å². The molecule has 130 valence electrons. The molecular formula is C20H22FN3O. The van der Waals surface area contributed by atoms with E-state index in [0.29, 0.717) is 0 Å². The number of nitrogens with zero attached hydrogens (tertiary/aromatic N) is 3. The number of halogens is 1. The maximum Gasteiger partial charge on any atom is 0.165 e. The van der Waals surface area contributed by atoms with Crippen LogP contribution < -0.4 is 4.74 Å². The molecule has 0 unspecified atom stereocenters. The standard InChI is InChI=1S/C20H22FN3O/c1-25-20-7-6-16(12-19(20)21)14-23-8-10-24(11-9-23)15-18-5-3-2-4-17(18)13-22/h2-7,12H,8-11,14-15H2,1H3. The minimum absolute atomic E-state index is 0.282. The first kappa shape index (κ1) is 17.4. The number of nitriles is 1. The van der Waals surface area contributed by atoms with E-state index in [-0.39, 0.29) is 11.6 Å². The third-order valence-electron chi connectivity index (χ3n) is 4.62. The lowest BCUT2D eigenvalue weighted by Gasteiger charge is -2.34. The summed E-state index contributed by atoms with van der Waals surface area (Å²) in [6.45, 7) is 5.29. The molecule has 0 spiro atoms. The van der Waals surface area contributed by atoms with Crippen LogP contribution in [-0.2, 0) is 13.1 Å². The average molecular weight is 339 g/mol. The summed E-state index contributed by atoms with van der Waals surface area (Å²) in [5, 5.41) is 9.20. The normalized spacial score (nSPS) is 15.7. The van der Waals surface area contributed by atoms with Crippen molar-refractivity contribution in [2.45, 2.75) is 13.1 Å². The third kappa shape index (κ3) is 4.36. The first-order valence-corrected chi connectivity index (χ1v) is 8.44. The summed E-state index contributed by atoms with van der Waals surface area (Å²) in [5.41, 5.74) is 2.79. The van der Waals surface area contributed by atoms with Crippen molar-refractivity contribution >= 4 is 0 Å².